The molecular formula is C14H30N2. The molecule has 1 saturated heterocycles. The standard InChI is InChI=1S/C14H30N2/c1-3-5-9-13(15)12-16-11-8-6-7-10-14(16)4-2/h13-14H,3-12,15H2,1-2H3. The molecule has 0 aliphatic carbocycles. The van der Waals surface area contributed by atoms with Gasteiger partial charge < -0.3 is 5.73 Å². The highest BCUT2D eigenvalue weighted by molar-refractivity contribution is 4.78. The van der Waals surface area contributed by atoms with E-state index in [0.717, 1.165) is 12.6 Å². The van der Waals surface area contributed by atoms with Gasteiger partial charge in [-0.1, -0.05) is 39.5 Å². The molecule has 2 unspecified atom stereocenters. The fourth-order valence-corrected chi connectivity index (χ4v) is 2.80. The zero-order valence-corrected chi connectivity index (χ0v) is 11.3. The summed E-state index contributed by atoms with van der Waals surface area (Å²) >= 11 is 0. The fraction of sp³-hybridized carbons (Fsp3) is 1.00. The average Bonchev–Trinajstić information content (AvgIpc) is 2.51. The van der Waals surface area contributed by atoms with Crippen molar-refractivity contribution in [3.63, 3.8) is 0 Å². The maximum atomic E-state index is 6.22. The van der Waals surface area contributed by atoms with Crippen molar-refractivity contribution in [2.45, 2.75) is 77.3 Å². The molecule has 1 fully saturated rings. The van der Waals surface area contributed by atoms with E-state index in [9.17, 15) is 0 Å². The first-order valence-electron chi connectivity index (χ1n) is 7.27. The first kappa shape index (κ1) is 14.0. The molecule has 0 aromatic rings. The highest BCUT2D eigenvalue weighted by Gasteiger charge is 2.20. The number of likely N-dealkylation sites (tertiary alicyclic amines) is 1. The number of hydrogen-bond acceptors (Lipinski definition) is 2. The molecular weight excluding hydrogens is 196 g/mol. The first-order chi connectivity index (χ1) is 7.77. The summed E-state index contributed by atoms with van der Waals surface area (Å²) in [6.07, 6.45) is 10.6. The number of unbranched alkanes of at least 4 members (excludes halogenated alkanes) is 1. The highest BCUT2D eigenvalue weighted by Crippen LogP contribution is 2.19. The summed E-state index contributed by atoms with van der Waals surface area (Å²) in [4.78, 5) is 2.66. The van der Waals surface area contributed by atoms with E-state index in [1.165, 1.54) is 57.9 Å². The number of rotatable bonds is 6. The Hall–Kier alpha value is -0.0800. The van der Waals surface area contributed by atoms with Crippen molar-refractivity contribution in [3.8, 4) is 0 Å². The molecule has 16 heavy (non-hydrogen) atoms. The Morgan fingerprint density at radius 1 is 1.25 bits per heavy atom. The van der Waals surface area contributed by atoms with E-state index >= 15 is 0 Å². The number of nitrogens with zero attached hydrogens (tertiary/aromatic N) is 1. The fourth-order valence-electron chi connectivity index (χ4n) is 2.80. The van der Waals surface area contributed by atoms with Crippen LogP contribution in [0.5, 0.6) is 0 Å². The second-order valence-corrected chi connectivity index (χ2v) is 5.31. The van der Waals surface area contributed by atoms with E-state index in [-0.39, 0.29) is 0 Å². The van der Waals surface area contributed by atoms with Crippen LogP contribution in [0.1, 0.15) is 65.2 Å². The van der Waals surface area contributed by atoms with Gasteiger partial charge in [0.2, 0.25) is 0 Å². The molecule has 0 aromatic heterocycles. The Labute approximate surface area is 102 Å². The molecule has 0 spiro atoms. The summed E-state index contributed by atoms with van der Waals surface area (Å²) in [7, 11) is 0. The summed E-state index contributed by atoms with van der Waals surface area (Å²) in [5, 5.41) is 0. The van der Waals surface area contributed by atoms with Crippen LogP contribution < -0.4 is 5.73 Å². The van der Waals surface area contributed by atoms with E-state index in [4.69, 9.17) is 5.73 Å². The monoisotopic (exact) mass is 226 g/mol. The summed E-state index contributed by atoms with van der Waals surface area (Å²) in [6, 6.07) is 1.20. The van der Waals surface area contributed by atoms with Crippen LogP contribution in [0, 0.1) is 0 Å². The predicted molar refractivity (Wildman–Crippen MR) is 71.6 cm³/mol. The van der Waals surface area contributed by atoms with Gasteiger partial charge in [0.25, 0.3) is 0 Å². The van der Waals surface area contributed by atoms with Gasteiger partial charge in [-0.05, 0) is 32.2 Å². The van der Waals surface area contributed by atoms with Gasteiger partial charge in [0, 0.05) is 18.6 Å². The quantitative estimate of drug-likeness (QED) is 0.754. The molecule has 0 aromatic carbocycles. The number of nitrogens with two attached hydrogens (primary N) is 1. The molecule has 2 atom stereocenters. The zero-order valence-electron chi connectivity index (χ0n) is 11.3. The van der Waals surface area contributed by atoms with Crippen molar-refractivity contribution < 1.29 is 0 Å². The lowest BCUT2D eigenvalue weighted by Crippen LogP contribution is -2.43. The van der Waals surface area contributed by atoms with Gasteiger partial charge in [-0.2, -0.15) is 0 Å². The Balaban J connectivity index is 2.35. The lowest BCUT2D eigenvalue weighted by Gasteiger charge is -2.31. The molecule has 2 nitrogen and oxygen atoms in total. The predicted octanol–water partition coefficient (Wildman–Crippen LogP) is 3.16. The number of hydrogen-bond donors (Lipinski definition) is 1. The van der Waals surface area contributed by atoms with Crippen LogP contribution in [0.2, 0.25) is 0 Å². The lowest BCUT2D eigenvalue weighted by molar-refractivity contribution is 0.180. The normalized spacial score (nSPS) is 25.3. The van der Waals surface area contributed by atoms with Gasteiger partial charge in [0.15, 0.2) is 0 Å². The molecule has 0 radical (unpaired) electrons. The minimum absolute atomic E-state index is 0.395. The van der Waals surface area contributed by atoms with Crippen molar-refractivity contribution >= 4 is 0 Å². The minimum atomic E-state index is 0.395. The Morgan fingerprint density at radius 2 is 2.06 bits per heavy atom. The Bertz CT molecular complexity index is 170. The zero-order chi connectivity index (χ0) is 11.8. The summed E-state index contributed by atoms with van der Waals surface area (Å²) < 4.78 is 0. The van der Waals surface area contributed by atoms with Crippen molar-refractivity contribution in [2.24, 2.45) is 5.73 Å². The average molecular weight is 226 g/mol. The van der Waals surface area contributed by atoms with Crippen LogP contribution in [-0.2, 0) is 0 Å². The summed E-state index contributed by atoms with van der Waals surface area (Å²) in [5.74, 6) is 0. The van der Waals surface area contributed by atoms with Crippen LogP contribution in [0.4, 0.5) is 0 Å². The third-order valence-electron chi connectivity index (χ3n) is 3.87. The van der Waals surface area contributed by atoms with Crippen molar-refractivity contribution in [2.75, 3.05) is 13.1 Å². The topological polar surface area (TPSA) is 29.3 Å². The van der Waals surface area contributed by atoms with Gasteiger partial charge in [0.05, 0.1) is 0 Å². The molecule has 0 amide bonds. The second kappa shape index (κ2) is 8.08. The first-order valence-corrected chi connectivity index (χ1v) is 7.27. The second-order valence-electron chi connectivity index (χ2n) is 5.31. The van der Waals surface area contributed by atoms with Crippen molar-refractivity contribution in [3.05, 3.63) is 0 Å². The molecule has 2 N–H and O–H groups in total. The summed E-state index contributed by atoms with van der Waals surface area (Å²) in [5.41, 5.74) is 6.22. The Kier molecular flexibility index (Phi) is 7.06. The molecule has 1 rings (SSSR count). The molecule has 1 heterocycles. The third-order valence-corrected chi connectivity index (χ3v) is 3.87. The van der Waals surface area contributed by atoms with Gasteiger partial charge >= 0.3 is 0 Å². The minimum Gasteiger partial charge on any atom is -0.327 e. The van der Waals surface area contributed by atoms with Crippen LogP contribution in [-0.4, -0.2) is 30.1 Å². The lowest BCUT2D eigenvalue weighted by atomic mass is 10.1. The molecule has 1 aliphatic heterocycles. The molecule has 2 heteroatoms. The van der Waals surface area contributed by atoms with Crippen LogP contribution in [0.3, 0.4) is 0 Å². The molecule has 0 saturated carbocycles. The molecule has 96 valence electrons. The van der Waals surface area contributed by atoms with Crippen molar-refractivity contribution in [1.29, 1.82) is 0 Å². The van der Waals surface area contributed by atoms with E-state index in [2.05, 4.69) is 18.7 Å². The molecule has 0 bridgehead atoms. The van der Waals surface area contributed by atoms with E-state index in [1.54, 1.807) is 0 Å². The Morgan fingerprint density at radius 3 is 2.75 bits per heavy atom. The van der Waals surface area contributed by atoms with Gasteiger partial charge in [-0.25, -0.2) is 0 Å². The van der Waals surface area contributed by atoms with Gasteiger partial charge in [-0.3, -0.25) is 4.90 Å². The highest BCUT2D eigenvalue weighted by atomic mass is 15.2. The summed E-state index contributed by atoms with van der Waals surface area (Å²) in [6.45, 7) is 6.96. The van der Waals surface area contributed by atoms with E-state index < -0.39 is 0 Å². The van der Waals surface area contributed by atoms with E-state index in [1.807, 2.05) is 0 Å². The largest absolute Gasteiger partial charge is 0.327 e. The van der Waals surface area contributed by atoms with Crippen LogP contribution >= 0.6 is 0 Å². The third kappa shape index (κ3) is 4.84. The van der Waals surface area contributed by atoms with Crippen LogP contribution in [0.15, 0.2) is 0 Å². The van der Waals surface area contributed by atoms with Crippen LogP contribution in [0.25, 0.3) is 0 Å². The van der Waals surface area contributed by atoms with Crippen molar-refractivity contribution in [1.82, 2.24) is 4.90 Å². The van der Waals surface area contributed by atoms with Gasteiger partial charge in [0.1, 0.15) is 0 Å². The maximum Gasteiger partial charge on any atom is 0.0167 e. The van der Waals surface area contributed by atoms with E-state index in [0.29, 0.717) is 6.04 Å². The van der Waals surface area contributed by atoms with Gasteiger partial charge in [-0.15, -0.1) is 0 Å². The molecule has 1 aliphatic rings. The SMILES string of the molecule is CCCCC(N)CN1CCCCCC1CC. The smallest absolute Gasteiger partial charge is 0.0167 e. The maximum absolute atomic E-state index is 6.22.